The SMILES string of the molecule is Cc1ccc(NC(=N)NCC(=O)O)cc1. The topological polar surface area (TPSA) is 85.2 Å². The van der Waals surface area contributed by atoms with Crippen molar-refractivity contribution >= 4 is 17.6 Å². The number of rotatable bonds is 3. The molecule has 0 unspecified atom stereocenters. The fourth-order valence-corrected chi connectivity index (χ4v) is 0.989. The minimum absolute atomic E-state index is 0.0266. The Balaban J connectivity index is 2.44. The van der Waals surface area contributed by atoms with Gasteiger partial charge in [0.25, 0.3) is 0 Å². The van der Waals surface area contributed by atoms with E-state index in [1.54, 1.807) is 0 Å². The van der Waals surface area contributed by atoms with Crippen LogP contribution < -0.4 is 10.6 Å². The van der Waals surface area contributed by atoms with Crippen LogP contribution >= 0.6 is 0 Å². The molecule has 0 aliphatic rings. The van der Waals surface area contributed by atoms with Crippen LogP contribution in [0.5, 0.6) is 0 Å². The van der Waals surface area contributed by atoms with Crippen LogP contribution in [0.15, 0.2) is 24.3 Å². The first-order valence-corrected chi connectivity index (χ1v) is 4.46. The zero-order valence-electron chi connectivity index (χ0n) is 8.37. The van der Waals surface area contributed by atoms with Gasteiger partial charge in [0.15, 0.2) is 5.96 Å². The van der Waals surface area contributed by atoms with Crippen LogP contribution in [0.2, 0.25) is 0 Å². The van der Waals surface area contributed by atoms with E-state index in [2.05, 4.69) is 10.6 Å². The maximum atomic E-state index is 10.2. The molecule has 0 aliphatic heterocycles. The number of carboxylic acids is 1. The summed E-state index contributed by atoms with van der Waals surface area (Å²) in [6, 6.07) is 7.47. The van der Waals surface area contributed by atoms with Crippen molar-refractivity contribution in [2.45, 2.75) is 6.92 Å². The molecule has 0 saturated heterocycles. The fourth-order valence-electron chi connectivity index (χ4n) is 0.989. The van der Waals surface area contributed by atoms with Gasteiger partial charge in [-0.05, 0) is 19.1 Å². The molecule has 0 atom stereocenters. The molecular formula is C10H13N3O2. The maximum Gasteiger partial charge on any atom is 0.322 e. The second-order valence-electron chi connectivity index (χ2n) is 3.11. The van der Waals surface area contributed by atoms with E-state index in [9.17, 15) is 4.79 Å². The standard InChI is InChI=1S/C10H13N3O2/c1-7-2-4-8(5-3-7)13-10(11)12-6-9(14)15/h2-5H,6H2,1H3,(H,14,15)(H3,11,12,13). The predicted molar refractivity (Wildman–Crippen MR) is 58.2 cm³/mol. The van der Waals surface area contributed by atoms with Crippen molar-refractivity contribution in [3.63, 3.8) is 0 Å². The summed E-state index contributed by atoms with van der Waals surface area (Å²) in [4.78, 5) is 10.2. The number of aliphatic carboxylic acids is 1. The average Bonchev–Trinajstić information content (AvgIpc) is 2.19. The Morgan fingerprint density at radius 3 is 2.53 bits per heavy atom. The van der Waals surface area contributed by atoms with Gasteiger partial charge in [-0.3, -0.25) is 10.2 Å². The summed E-state index contributed by atoms with van der Waals surface area (Å²) in [5.74, 6) is -1.02. The molecule has 0 fully saturated rings. The Morgan fingerprint density at radius 2 is 2.00 bits per heavy atom. The predicted octanol–water partition coefficient (Wildman–Crippen LogP) is 1.02. The summed E-state index contributed by atoms with van der Waals surface area (Å²) in [5, 5.41) is 20.9. The Hall–Kier alpha value is -2.04. The normalized spacial score (nSPS) is 9.40. The Bertz CT molecular complexity index is 359. The molecule has 4 N–H and O–H groups in total. The van der Waals surface area contributed by atoms with Crippen molar-refractivity contribution < 1.29 is 9.90 Å². The zero-order chi connectivity index (χ0) is 11.3. The van der Waals surface area contributed by atoms with Crippen molar-refractivity contribution in [3.05, 3.63) is 29.8 Å². The molecule has 1 aromatic carbocycles. The first-order chi connectivity index (χ1) is 7.08. The van der Waals surface area contributed by atoms with Gasteiger partial charge in [0.1, 0.15) is 6.54 Å². The second-order valence-corrected chi connectivity index (χ2v) is 3.11. The van der Waals surface area contributed by atoms with Crippen LogP contribution in [0.25, 0.3) is 0 Å². The molecule has 0 radical (unpaired) electrons. The minimum Gasteiger partial charge on any atom is -0.480 e. The molecule has 80 valence electrons. The lowest BCUT2D eigenvalue weighted by atomic mass is 10.2. The largest absolute Gasteiger partial charge is 0.480 e. The molecule has 1 rings (SSSR count). The number of anilines is 1. The number of hydrogen-bond donors (Lipinski definition) is 4. The number of guanidine groups is 1. The first-order valence-electron chi connectivity index (χ1n) is 4.46. The third-order valence-electron chi connectivity index (χ3n) is 1.74. The summed E-state index contributed by atoms with van der Waals surface area (Å²) in [7, 11) is 0. The smallest absolute Gasteiger partial charge is 0.322 e. The number of benzene rings is 1. The van der Waals surface area contributed by atoms with Gasteiger partial charge in [-0.2, -0.15) is 0 Å². The molecule has 5 heteroatoms. The summed E-state index contributed by atoms with van der Waals surface area (Å²) < 4.78 is 0. The van der Waals surface area contributed by atoms with Crippen molar-refractivity contribution in [1.82, 2.24) is 5.32 Å². The molecular weight excluding hydrogens is 194 g/mol. The number of hydrogen-bond acceptors (Lipinski definition) is 2. The monoisotopic (exact) mass is 207 g/mol. The fraction of sp³-hybridized carbons (Fsp3) is 0.200. The van der Waals surface area contributed by atoms with Gasteiger partial charge in [-0.15, -0.1) is 0 Å². The van der Waals surface area contributed by atoms with E-state index in [1.165, 1.54) is 0 Å². The highest BCUT2D eigenvalue weighted by atomic mass is 16.4. The quantitative estimate of drug-likeness (QED) is 0.440. The Kier molecular flexibility index (Phi) is 3.68. The lowest BCUT2D eigenvalue weighted by Crippen LogP contribution is -2.33. The Morgan fingerprint density at radius 1 is 1.40 bits per heavy atom. The third-order valence-corrected chi connectivity index (χ3v) is 1.74. The molecule has 5 nitrogen and oxygen atoms in total. The van der Waals surface area contributed by atoms with E-state index in [1.807, 2.05) is 31.2 Å². The van der Waals surface area contributed by atoms with Gasteiger partial charge in [0.2, 0.25) is 0 Å². The van der Waals surface area contributed by atoms with Gasteiger partial charge < -0.3 is 15.7 Å². The van der Waals surface area contributed by atoms with Gasteiger partial charge in [-0.1, -0.05) is 17.7 Å². The molecule has 0 amide bonds. The third kappa shape index (κ3) is 4.12. The highest BCUT2D eigenvalue weighted by Gasteiger charge is 1.99. The van der Waals surface area contributed by atoms with Gasteiger partial charge in [0.05, 0.1) is 0 Å². The molecule has 0 saturated carbocycles. The summed E-state index contributed by atoms with van der Waals surface area (Å²) in [5.41, 5.74) is 1.88. The van der Waals surface area contributed by atoms with E-state index >= 15 is 0 Å². The second kappa shape index (κ2) is 4.99. The molecule has 0 spiro atoms. The van der Waals surface area contributed by atoms with E-state index in [-0.39, 0.29) is 12.5 Å². The highest BCUT2D eigenvalue weighted by Crippen LogP contribution is 2.07. The lowest BCUT2D eigenvalue weighted by molar-refractivity contribution is -0.135. The van der Waals surface area contributed by atoms with E-state index in [4.69, 9.17) is 10.5 Å². The Labute approximate surface area is 87.6 Å². The molecule has 0 bridgehead atoms. The van der Waals surface area contributed by atoms with Crippen molar-refractivity contribution in [2.24, 2.45) is 0 Å². The molecule has 0 heterocycles. The first kappa shape index (κ1) is 11.0. The summed E-state index contributed by atoms with van der Waals surface area (Å²) in [6.07, 6.45) is 0. The van der Waals surface area contributed by atoms with Gasteiger partial charge in [0, 0.05) is 5.69 Å². The van der Waals surface area contributed by atoms with Crippen LogP contribution in [0.3, 0.4) is 0 Å². The maximum absolute atomic E-state index is 10.2. The lowest BCUT2D eigenvalue weighted by Gasteiger charge is -2.08. The van der Waals surface area contributed by atoms with Crippen LogP contribution in [0, 0.1) is 12.3 Å². The molecule has 0 aromatic heterocycles. The zero-order valence-corrected chi connectivity index (χ0v) is 8.37. The van der Waals surface area contributed by atoms with Crippen molar-refractivity contribution in [1.29, 1.82) is 5.41 Å². The summed E-state index contributed by atoms with van der Waals surface area (Å²) >= 11 is 0. The van der Waals surface area contributed by atoms with Gasteiger partial charge in [-0.25, -0.2) is 0 Å². The van der Waals surface area contributed by atoms with Crippen LogP contribution in [0.4, 0.5) is 5.69 Å². The van der Waals surface area contributed by atoms with E-state index in [0.29, 0.717) is 0 Å². The highest BCUT2D eigenvalue weighted by molar-refractivity contribution is 5.92. The molecule has 0 aliphatic carbocycles. The number of aryl methyl sites for hydroxylation is 1. The van der Waals surface area contributed by atoms with Crippen molar-refractivity contribution in [2.75, 3.05) is 11.9 Å². The van der Waals surface area contributed by atoms with Crippen molar-refractivity contribution in [3.8, 4) is 0 Å². The average molecular weight is 207 g/mol. The summed E-state index contributed by atoms with van der Waals surface area (Å²) in [6.45, 7) is 1.70. The number of nitrogens with one attached hydrogen (secondary N) is 3. The molecule has 1 aromatic rings. The van der Waals surface area contributed by atoms with E-state index < -0.39 is 5.97 Å². The van der Waals surface area contributed by atoms with Crippen LogP contribution in [-0.2, 0) is 4.79 Å². The number of carbonyl (C=O) groups is 1. The van der Waals surface area contributed by atoms with Crippen LogP contribution in [0.1, 0.15) is 5.56 Å². The minimum atomic E-state index is -0.995. The molecule has 15 heavy (non-hydrogen) atoms. The van der Waals surface area contributed by atoms with Gasteiger partial charge >= 0.3 is 5.97 Å². The van der Waals surface area contributed by atoms with E-state index in [0.717, 1.165) is 11.3 Å². The van der Waals surface area contributed by atoms with Crippen LogP contribution in [-0.4, -0.2) is 23.6 Å². The number of carboxylic acid groups (broad SMARTS) is 1.